The van der Waals surface area contributed by atoms with E-state index in [1.54, 1.807) is 0 Å². The molecule has 2 rings (SSSR count). The summed E-state index contributed by atoms with van der Waals surface area (Å²) in [5, 5.41) is 13.9. The van der Waals surface area contributed by atoms with Gasteiger partial charge in [-0.2, -0.15) is 4.31 Å². The molecular formula is C16H23N3O6S. The Labute approximate surface area is 152 Å². The molecule has 9 nitrogen and oxygen atoms in total. The molecule has 0 bridgehead atoms. The fraction of sp³-hybridized carbons (Fsp3) is 0.562. The van der Waals surface area contributed by atoms with E-state index in [2.05, 4.69) is 5.32 Å². The summed E-state index contributed by atoms with van der Waals surface area (Å²) >= 11 is 0. The molecule has 0 aliphatic carbocycles. The van der Waals surface area contributed by atoms with Crippen LogP contribution in [-0.4, -0.2) is 49.8 Å². The van der Waals surface area contributed by atoms with Crippen LogP contribution < -0.4 is 10.1 Å². The highest BCUT2D eigenvalue weighted by atomic mass is 32.2. The second-order valence-electron chi connectivity index (χ2n) is 5.99. The molecule has 1 fully saturated rings. The Morgan fingerprint density at radius 3 is 2.65 bits per heavy atom. The van der Waals surface area contributed by atoms with Gasteiger partial charge in [0.1, 0.15) is 0 Å². The predicted octanol–water partition coefficient (Wildman–Crippen LogP) is 1.67. The number of nitro benzene ring substituents is 1. The second-order valence-corrected chi connectivity index (χ2v) is 7.93. The van der Waals surface area contributed by atoms with Gasteiger partial charge in [-0.15, -0.1) is 0 Å². The van der Waals surface area contributed by atoms with Crippen molar-refractivity contribution in [3.63, 3.8) is 0 Å². The van der Waals surface area contributed by atoms with Gasteiger partial charge in [0, 0.05) is 25.7 Å². The van der Waals surface area contributed by atoms with E-state index < -0.39 is 20.6 Å². The number of rotatable bonds is 9. The Morgan fingerprint density at radius 1 is 1.35 bits per heavy atom. The number of hydrogen-bond acceptors (Lipinski definition) is 6. The van der Waals surface area contributed by atoms with Gasteiger partial charge in [0.05, 0.1) is 9.82 Å². The number of nitro groups is 1. The molecule has 0 unspecified atom stereocenters. The lowest BCUT2D eigenvalue weighted by molar-refractivity contribution is -0.386. The van der Waals surface area contributed by atoms with Crippen molar-refractivity contribution in [2.24, 2.45) is 0 Å². The van der Waals surface area contributed by atoms with Gasteiger partial charge in [-0.25, -0.2) is 8.42 Å². The van der Waals surface area contributed by atoms with E-state index in [0.717, 1.165) is 31.7 Å². The van der Waals surface area contributed by atoms with Gasteiger partial charge in [-0.1, -0.05) is 13.3 Å². The number of hydrogen-bond donors (Lipinski definition) is 1. The van der Waals surface area contributed by atoms with E-state index in [1.807, 2.05) is 6.92 Å². The molecule has 1 saturated heterocycles. The number of nitrogens with one attached hydrogen (secondary N) is 1. The van der Waals surface area contributed by atoms with Crippen molar-refractivity contribution in [3.05, 3.63) is 28.3 Å². The summed E-state index contributed by atoms with van der Waals surface area (Å²) < 4.78 is 31.6. The minimum Gasteiger partial charge on any atom is -0.477 e. The normalized spacial score (nSPS) is 15.0. The lowest BCUT2D eigenvalue weighted by atomic mass is 10.3. The van der Waals surface area contributed by atoms with Gasteiger partial charge in [-0.05, 0) is 31.4 Å². The van der Waals surface area contributed by atoms with Gasteiger partial charge in [0.2, 0.25) is 10.0 Å². The first-order valence-electron chi connectivity index (χ1n) is 8.54. The maximum absolute atomic E-state index is 12.5. The first-order chi connectivity index (χ1) is 12.4. The lowest BCUT2D eigenvalue weighted by Crippen LogP contribution is -2.29. The molecule has 144 valence electrons. The summed E-state index contributed by atoms with van der Waals surface area (Å²) in [5.41, 5.74) is -0.480. The van der Waals surface area contributed by atoms with Gasteiger partial charge < -0.3 is 10.1 Å². The van der Waals surface area contributed by atoms with Crippen molar-refractivity contribution in [3.8, 4) is 5.75 Å². The van der Waals surface area contributed by atoms with E-state index in [0.29, 0.717) is 19.6 Å². The van der Waals surface area contributed by atoms with Crippen molar-refractivity contribution < 1.29 is 22.9 Å². The molecule has 0 radical (unpaired) electrons. The molecule has 1 aliphatic heterocycles. The number of carbonyl (C=O) groups excluding carboxylic acids is 1. The van der Waals surface area contributed by atoms with Crippen LogP contribution in [0.4, 0.5) is 5.69 Å². The summed E-state index contributed by atoms with van der Waals surface area (Å²) in [6, 6.07) is 3.48. The average Bonchev–Trinajstić information content (AvgIpc) is 3.15. The fourth-order valence-electron chi connectivity index (χ4n) is 2.60. The molecule has 0 atom stereocenters. The minimum absolute atomic E-state index is 0.138. The Morgan fingerprint density at radius 2 is 2.04 bits per heavy atom. The Balaban J connectivity index is 2.13. The average molecular weight is 385 g/mol. The molecule has 26 heavy (non-hydrogen) atoms. The molecule has 1 aliphatic rings. The van der Waals surface area contributed by atoms with Crippen LogP contribution in [0.15, 0.2) is 23.1 Å². The number of sulfonamides is 1. The molecule has 0 aromatic heterocycles. The van der Waals surface area contributed by atoms with Crippen LogP contribution in [-0.2, 0) is 14.8 Å². The fourth-order valence-corrected chi connectivity index (χ4v) is 4.14. The van der Waals surface area contributed by atoms with Crippen molar-refractivity contribution in [1.29, 1.82) is 0 Å². The maximum Gasteiger partial charge on any atom is 0.312 e. The first-order valence-corrected chi connectivity index (χ1v) is 9.98. The third kappa shape index (κ3) is 4.92. The van der Waals surface area contributed by atoms with Crippen LogP contribution in [0, 0.1) is 10.1 Å². The van der Waals surface area contributed by atoms with Gasteiger partial charge >= 0.3 is 5.69 Å². The molecule has 1 aromatic carbocycles. The number of carbonyl (C=O) groups is 1. The molecule has 1 aromatic rings. The monoisotopic (exact) mass is 385 g/mol. The van der Waals surface area contributed by atoms with E-state index in [4.69, 9.17) is 4.74 Å². The Bertz CT molecular complexity index is 759. The summed E-state index contributed by atoms with van der Waals surface area (Å²) in [7, 11) is -3.76. The van der Waals surface area contributed by atoms with Crippen molar-refractivity contribution in [2.75, 3.05) is 26.2 Å². The number of benzene rings is 1. The minimum atomic E-state index is -3.76. The highest BCUT2D eigenvalue weighted by Gasteiger charge is 2.29. The Hall–Kier alpha value is -2.20. The molecular weight excluding hydrogens is 362 g/mol. The van der Waals surface area contributed by atoms with E-state index >= 15 is 0 Å². The van der Waals surface area contributed by atoms with Gasteiger partial charge in [0.15, 0.2) is 12.4 Å². The number of amides is 1. The van der Waals surface area contributed by atoms with Crippen LogP contribution in [0.1, 0.15) is 32.6 Å². The molecule has 1 heterocycles. The third-order valence-corrected chi connectivity index (χ3v) is 5.94. The molecule has 10 heteroatoms. The van der Waals surface area contributed by atoms with E-state index in [-0.39, 0.29) is 23.2 Å². The largest absolute Gasteiger partial charge is 0.477 e. The summed E-state index contributed by atoms with van der Waals surface area (Å²) in [4.78, 5) is 22.1. The lowest BCUT2D eigenvalue weighted by Gasteiger charge is -2.15. The maximum atomic E-state index is 12.5. The summed E-state index contributed by atoms with van der Waals surface area (Å²) in [5.74, 6) is -0.525. The third-order valence-electron chi connectivity index (χ3n) is 4.04. The molecule has 1 amide bonds. The predicted molar refractivity (Wildman–Crippen MR) is 94.5 cm³/mol. The zero-order valence-electron chi connectivity index (χ0n) is 14.6. The topological polar surface area (TPSA) is 119 Å². The zero-order valence-corrected chi connectivity index (χ0v) is 15.5. The van der Waals surface area contributed by atoms with Crippen molar-refractivity contribution >= 4 is 21.6 Å². The first kappa shape index (κ1) is 20.1. The van der Waals surface area contributed by atoms with E-state index in [9.17, 15) is 23.3 Å². The highest BCUT2D eigenvalue weighted by Crippen LogP contribution is 2.31. The molecule has 0 saturated carbocycles. The van der Waals surface area contributed by atoms with Crippen LogP contribution in [0.3, 0.4) is 0 Å². The van der Waals surface area contributed by atoms with Gasteiger partial charge in [-0.3, -0.25) is 14.9 Å². The number of nitrogens with zero attached hydrogens (tertiary/aromatic N) is 2. The Kier molecular flexibility index (Phi) is 6.92. The number of unbranched alkanes of at least 4 members (excludes halogenated alkanes) is 1. The number of ether oxygens (including phenoxy) is 1. The van der Waals surface area contributed by atoms with Gasteiger partial charge in [0.25, 0.3) is 5.91 Å². The SMILES string of the molecule is CCCCNC(=O)COc1ccc(S(=O)(=O)N2CCCC2)cc1[N+](=O)[O-]. The van der Waals surface area contributed by atoms with Crippen LogP contribution in [0.25, 0.3) is 0 Å². The standard InChI is InChI=1S/C16H23N3O6S/c1-2-3-8-17-16(20)12-25-15-7-6-13(11-14(15)19(21)22)26(23,24)18-9-4-5-10-18/h6-7,11H,2-5,8-10,12H2,1H3,(H,17,20). The summed E-state index contributed by atoms with van der Waals surface area (Å²) in [6.07, 6.45) is 3.31. The zero-order chi connectivity index (χ0) is 19.2. The smallest absolute Gasteiger partial charge is 0.312 e. The van der Waals surface area contributed by atoms with Crippen LogP contribution in [0.2, 0.25) is 0 Å². The summed E-state index contributed by atoms with van der Waals surface area (Å²) in [6.45, 7) is 2.94. The highest BCUT2D eigenvalue weighted by molar-refractivity contribution is 7.89. The molecule has 0 spiro atoms. The van der Waals surface area contributed by atoms with Crippen molar-refractivity contribution in [2.45, 2.75) is 37.5 Å². The van der Waals surface area contributed by atoms with Crippen LogP contribution in [0.5, 0.6) is 5.75 Å². The second kappa shape index (κ2) is 8.95. The van der Waals surface area contributed by atoms with Crippen LogP contribution >= 0.6 is 0 Å². The molecule has 1 N–H and O–H groups in total. The van der Waals surface area contributed by atoms with Crippen molar-refractivity contribution in [1.82, 2.24) is 9.62 Å². The van der Waals surface area contributed by atoms with E-state index in [1.165, 1.54) is 16.4 Å². The quantitative estimate of drug-likeness (QED) is 0.392.